The van der Waals surface area contributed by atoms with E-state index in [-0.39, 0.29) is 0 Å². The van der Waals surface area contributed by atoms with Crippen LogP contribution in [0, 0.1) is 20.8 Å². The molecule has 0 radical (unpaired) electrons. The van der Waals surface area contributed by atoms with Crippen LogP contribution in [0.1, 0.15) is 66.3 Å². The van der Waals surface area contributed by atoms with E-state index in [2.05, 4.69) is 70.6 Å². The summed E-state index contributed by atoms with van der Waals surface area (Å²) in [5, 5.41) is 0. The first-order valence-electron chi connectivity index (χ1n) is 8.50. The van der Waals surface area contributed by atoms with Crippen LogP contribution >= 0.6 is 0 Å². The molecule has 1 heterocycles. The Labute approximate surface area is 135 Å². The molecule has 2 atom stereocenters. The molecule has 2 unspecified atom stereocenters. The highest BCUT2D eigenvalue weighted by molar-refractivity contribution is 5.65. The summed E-state index contributed by atoms with van der Waals surface area (Å²) in [5.74, 6) is 1.38. The van der Waals surface area contributed by atoms with Crippen LogP contribution in [-0.2, 0) is 7.05 Å². The molecular weight excluding hydrogens is 266 g/mol. The molecule has 1 nitrogen and oxygen atoms in total. The molecule has 0 bridgehead atoms. The summed E-state index contributed by atoms with van der Waals surface area (Å²) in [5.41, 5.74) is 9.98. The lowest BCUT2D eigenvalue weighted by molar-refractivity contribution is -0.660. The van der Waals surface area contributed by atoms with Crippen LogP contribution in [0.4, 0.5) is 0 Å². The molecule has 0 N–H and O–H groups in total. The molecule has 0 saturated heterocycles. The van der Waals surface area contributed by atoms with Crippen molar-refractivity contribution in [2.24, 2.45) is 7.05 Å². The second-order valence-corrected chi connectivity index (χ2v) is 7.31. The van der Waals surface area contributed by atoms with Crippen molar-refractivity contribution in [2.45, 2.75) is 59.3 Å². The lowest BCUT2D eigenvalue weighted by Gasteiger charge is -2.28. The van der Waals surface area contributed by atoms with Gasteiger partial charge in [0.15, 0.2) is 6.20 Å². The monoisotopic (exact) mass is 294 g/mol. The van der Waals surface area contributed by atoms with Gasteiger partial charge in [-0.3, -0.25) is 0 Å². The van der Waals surface area contributed by atoms with E-state index in [0.29, 0.717) is 11.8 Å². The van der Waals surface area contributed by atoms with Crippen LogP contribution in [0.3, 0.4) is 0 Å². The SMILES string of the molecule is Cc1cc(-c2cc3c(cc2C)C(C)CCC3C)[n+](C)cc1C. The lowest BCUT2D eigenvalue weighted by atomic mass is 9.76. The Morgan fingerprint density at radius 3 is 2.05 bits per heavy atom. The average Bonchev–Trinajstić information content (AvgIpc) is 2.47. The van der Waals surface area contributed by atoms with Crippen molar-refractivity contribution in [3.8, 4) is 11.3 Å². The second kappa shape index (κ2) is 5.53. The van der Waals surface area contributed by atoms with Crippen molar-refractivity contribution < 1.29 is 4.57 Å². The largest absolute Gasteiger partial charge is 0.212 e. The molecule has 116 valence electrons. The topological polar surface area (TPSA) is 3.88 Å². The van der Waals surface area contributed by atoms with Crippen molar-refractivity contribution in [2.75, 3.05) is 0 Å². The highest BCUT2D eigenvalue weighted by Crippen LogP contribution is 2.41. The maximum atomic E-state index is 2.47. The normalized spacial score (nSPS) is 20.8. The molecule has 1 aliphatic rings. The maximum Gasteiger partial charge on any atom is 0.212 e. The van der Waals surface area contributed by atoms with Gasteiger partial charge in [-0.15, -0.1) is 0 Å². The molecule has 1 heteroatoms. The van der Waals surface area contributed by atoms with Crippen LogP contribution in [0.5, 0.6) is 0 Å². The van der Waals surface area contributed by atoms with Gasteiger partial charge in [0.2, 0.25) is 5.69 Å². The number of aryl methyl sites for hydroxylation is 4. The maximum absolute atomic E-state index is 2.47. The van der Waals surface area contributed by atoms with E-state index < -0.39 is 0 Å². The van der Waals surface area contributed by atoms with Crippen molar-refractivity contribution in [3.05, 3.63) is 52.2 Å². The summed E-state index contributed by atoms with van der Waals surface area (Å²) >= 11 is 0. The molecule has 3 rings (SSSR count). The predicted octanol–water partition coefficient (Wildman–Crippen LogP) is 5.10. The van der Waals surface area contributed by atoms with E-state index in [1.807, 2.05) is 0 Å². The fourth-order valence-corrected chi connectivity index (χ4v) is 3.84. The van der Waals surface area contributed by atoms with Gasteiger partial charge in [0, 0.05) is 17.2 Å². The van der Waals surface area contributed by atoms with E-state index in [9.17, 15) is 0 Å². The first kappa shape index (κ1) is 15.3. The highest BCUT2D eigenvalue weighted by Gasteiger charge is 2.25. The number of hydrogen-bond acceptors (Lipinski definition) is 0. The predicted molar refractivity (Wildman–Crippen MR) is 93.3 cm³/mol. The van der Waals surface area contributed by atoms with Gasteiger partial charge in [-0.1, -0.05) is 19.9 Å². The number of nitrogens with zero attached hydrogens (tertiary/aromatic N) is 1. The minimum Gasteiger partial charge on any atom is -0.201 e. The third kappa shape index (κ3) is 2.47. The molecule has 0 saturated carbocycles. The summed E-state index contributed by atoms with van der Waals surface area (Å²) in [7, 11) is 2.16. The summed E-state index contributed by atoms with van der Waals surface area (Å²) in [4.78, 5) is 0. The number of aromatic nitrogens is 1. The van der Waals surface area contributed by atoms with Gasteiger partial charge < -0.3 is 0 Å². The molecule has 1 aromatic heterocycles. The van der Waals surface area contributed by atoms with Crippen LogP contribution in [0.2, 0.25) is 0 Å². The van der Waals surface area contributed by atoms with Crippen LogP contribution in [-0.4, -0.2) is 0 Å². The van der Waals surface area contributed by atoms with Gasteiger partial charge in [0.05, 0.1) is 0 Å². The van der Waals surface area contributed by atoms with E-state index in [0.717, 1.165) is 0 Å². The van der Waals surface area contributed by atoms with E-state index >= 15 is 0 Å². The van der Waals surface area contributed by atoms with Crippen molar-refractivity contribution in [3.63, 3.8) is 0 Å². The molecule has 22 heavy (non-hydrogen) atoms. The van der Waals surface area contributed by atoms with Crippen molar-refractivity contribution >= 4 is 0 Å². The number of hydrogen-bond donors (Lipinski definition) is 0. The number of fused-ring (bicyclic) bond motifs is 1. The van der Waals surface area contributed by atoms with Gasteiger partial charge in [0.1, 0.15) is 7.05 Å². The third-order valence-electron chi connectivity index (χ3n) is 5.54. The molecule has 0 spiro atoms. The highest BCUT2D eigenvalue weighted by atomic mass is 14.9. The number of benzene rings is 1. The van der Waals surface area contributed by atoms with Gasteiger partial charge in [-0.25, -0.2) is 4.57 Å². The zero-order valence-electron chi connectivity index (χ0n) is 14.8. The molecule has 0 aliphatic heterocycles. The number of pyridine rings is 1. The Kier molecular flexibility index (Phi) is 3.84. The standard InChI is InChI=1S/C21H28N/c1-13-7-8-14(2)19-11-20(16(4)9-18(13)19)21-10-15(3)17(5)12-22(21)6/h9-14H,7-8H2,1-6H3/q+1. The smallest absolute Gasteiger partial charge is 0.201 e. The van der Waals surface area contributed by atoms with Gasteiger partial charge in [-0.05, 0) is 73.8 Å². The zero-order valence-corrected chi connectivity index (χ0v) is 14.8. The van der Waals surface area contributed by atoms with Gasteiger partial charge in [-0.2, -0.15) is 0 Å². The lowest BCUT2D eigenvalue weighted by Crippen LogP contribution is -2.31. The third-order valence-corrected chi connectivity index (χ3v) is 5.54. The van der Waals surface area contributed by atoms with Crippen LogP contribution < -0.4 is 4.57 Å². The fraction of sp³-hybridized carbons (Fsp3) is 0.476. The van der Waals surface area contributed by atoms with Crippen molar-refractivity contribution in [1.82, 2.24) is 0 Å². The molecular formula is C21H28N+. The summed E-state index contributed by atoms with van der Waals surface area (Å²) in [6.07, 6.45) is 4.88. The Bertz CT molecular complexity index is 727. The Morgan fingerprint density at radius 2 is 1.41 bits per heavy atom. The van der Waals surface area contributed by atoms with Crippen molar-refractivity contribution in [1.29, 1.82) is 0 Å². The van der Waals surface area contributed by atoms with Crippen LogP contribution in [0.25, 0.3) is 11.3 Å². The molecule has 1 aliphatic carbocycles. The van der Waals surface area contributed by atoms with E-state index in [4.69, 9.17) is 0 Å². The second-order valence-electron chi connectivity index (χ2n) is 7.31. The van der Waals surface area contributed by atoms with Gasteiger partial charge in [0.25, 0.3) is 0 Å². The quantitative estimate of drug-likeness (QED) is 0.644. The Hall–Kier alpha value is -1.63. The van der Waals surface area contributed by atoms with Gasteiger partial charge >= 0.3 is 0 Å². The van der Waals surface area contributed by atoms with E-state index in [1.165, 1.54) is 40.8 Å². The number of rotatable bonds is 1. The average molecular weight is 294 g/mol. The Balaban J connectivity index is 2.21. The minimum absolute atomic E-state index is 0.683. The first-order chi connectivity index (χ1) is 10.4. The van der Waals surface area contributed by atoms with Crippen LogP contribution in [0.15, 0.2) is 24.4 Å². The summed E-state index contributed by atoms with van der Waals surface area (Å²) in [6, 6.07) is 7.25. The molecule has 1 aromatic carbocycles. The fourth-order valence-electron chi connectivity index (χ4n) is 3.84. The van der Waals surface area contributed by atoms with E-state index in [1.54, 1.807) is 11.1 Å². The first-order valence-corrected chi connectivity index (χ1v) is 8.50. The summed E-state index contributed by atoms with van der Waals surface area (Å²) in [6.45, 7) is 11.4. The molecule has 2 aromatic rings. The molecule has 0 amide bonds. The Morgan fingerprint density at radius 1 is 0.818 bits per heavy atom. The molecule has 0 fully saturated rings. The minimum atomic E-state index is 0.683. The summed E-state index contributed by atoms with van der Waals surface area (Å²) < 4.78 is 2.27. The zero-order chi connectivity index (χ0) is 16.0.